The van der Waals surface area contributed by atoms with Crippen molar-refractivity contribution >= 4 is 23.4 Å². The summed E-state index contributed by atoms with van der Waals surface area (Å²) >= 11 is 0. The summed E-state index contributed by atoms with van der Waals surface area (Å²) in [4.78, 5) is 37.3. The first-order valence-electron chi connectivity index (χ1n) is 11.0. The van der Waals surface area contributed by atoms with Crippen LogP contribution in [0.15, 0.2) is 16.9 Å². The summed E-state index contributed by atoms with van der Waals surface area (Å²) in [6.07, 6.45) is -3.23. The summed E-state index contributed by atoms with van der Waals surface area (Å²) in [5, 5.41) is 11.8. The molecule has 0 saturated carbocycles. The summed E-state index contributed by atoms with van der Waals surface area (Å²) in [6, 6.07) is 1.59. The Kier molecular flexibility index (Phi) is 5.03. The quantitative estimate of drug-likeness (QED) is 0.668. The number of anilines is 3. The van der Waals surface area contributed by atoms with Crippen LogP contribution in [0.5, 0.6) is 5.75 Å². The number of rotatable bonds is 2. The van der Waals surface area contributed by atoms with E-state index >= 15 is 0 Å². The van der Waals surface area contributed by atoms with Gasteiger partial charge in [0.1, 0.15) is 18.2 Å². The fourth-order valence-electron chi connectivity index (χ4n) is 5.39. The van der Waals surface area contributed by atoms with Crippen LogP contribution in [0.4, 0.5) is 35.0 Å². The van der Waals surface area contributed by atoms with Crippen molar-refractivity contribution in [2.45, 2.75) is 37.3 Å². The Morgan fingerprint density at radius 1 is 1.15 bits per heavy atom. The lowest BCUT2D eigenvalue weighted by Gasteiger charge is -2.39. The van der Waals surface area contributed by atoms with Crippen molar-refractivity contribution < 1.29 is 27.5 Å². The Hall–Kier alpha value is -3.31. The number of hydrogen-bond acceptors (Lipinski definition) is 5. The molecule has 1 amide bonds. The second-order valence-corrected chi connectivity index (χ2v) is 9.09. The van der Waals surface area contributed by atoms with Gasteiger partial charge in [0, 0.05) is 44.4 Å². The number of nitrogens with one attached hydrogen (secondary N) is 1. The third-order valence-electron chi connectivity index (χ3n) is 6.98. The van der Waals surface area contributed by atoms with Crippen LogP contribution in [-0.4, -0.2) is 55.3 Å². The van der Waals surface area contributed by atoms with Crippen LogP contribution in [0.3, 0.4) is 0 Å². The maximum atomic E-state index is 14.9. The molecular weight excluding hydrogens is 458 g/mol. The molecule has 0 atom stereocenters. The molecule has 12 heteroatoms. The lowest BCUT2D eigenvalue weighted by molar-refractivity contribution is -0.135. The molecule has 5 rings (SSSR count). The number of aromatic amines is 1. The Morgan fingerprint density at radius 2 is 1.85 bits per heavy atom. The summed E-state index contributed by atoms with van der Waals surface area (Å²) < 4.78 is 54.5. The van der Waals surface area contributed by atoms with Gasteiger partial charge < -0.3 is 14.7 Å². The number of aromatic nitrogens is 2. The summed E-state index contributed by atoms with van der Waals surface area (Å²) in [5.74, 6) is -1.75. The molecule has 0 unspecified atom stereocenters. The SMILES string of the molecule is CN1CCCc2c1nc(N1CCC3(CC1)C(=O)N(CC(F)(F)F)c1cc([O])cc(F)c13)[nH]c2=O. The van der Waals surface area contributed by atoms with Gasteiger partial charge in [0.25, 0.3) is 5.56 Å². The van der Waals surface area contributed by atoms with E-state index in [0.29, 0.717) is 34.7 Å². The molecule has 1 aromatic heterocycles. The number of nitrogens with zero attached hydrogens (tertiary/aromatic N) is 4. The standard InChI is InChI=1S/C22H22F4N5O3/c1-29-6-2-3-13-17(29)27-20(28-18(13)33)30-7-4-21(5-8-30)16-14(23)9-12(32)10-15(16)31(19(21)34)11-22(24,25)26/h9-10H,2-8,11H2,1H3,(H,27,28,33). The van der Waals surface area contributed by atoms with Gasteiger partial charge in [-0.05, 0) is 25.7 Å². The molecule has 3 aliphatic heterocycles. The lowest BCUT2D eigenvalue weighted by Crippen LogP contribution is -2.51. The molecule has 3 aliphatic rings. The summed E-state index contributed by atoms with van der Waals surface area (Å²) in [6.45, 7) is -0.517. The molecule has 1 spiro atoms. The smallest absolute Gasteiger partial charge is 0.359 e. The minimum absolute atomic E-state index is 0.0128. The molecule has 8 nitrogen and oxygen atoms in total. The van der Waals surface area contributed by atoms with Crippen LogP contribution in [0, 0.1) is 5.82 Å². The fourth-order valence-corrected chi connectivity index (χ4v) is 5.39. The molecule has 1 aromatic carbocycles. The van der Waals surface area contributed by atoms with E-state index < -0.39 is 35.6 Å². The number of piperidine rings is 1. The average molecular weight is 480 g/mol. The van der Waals surface area contributed by atoms with Gasteiger partial charge in [0.2, 0.25) is 11.9 Å². The van der Waals surface area contributed by atoms with Gasteiger partial charge in [-0.25, -0.2) is 4.39 Å². The third kappa shape index (κ3) is 3.46. The van der Waals surface area contributed by atoms with Gasteiger partial charge in [-0.3, -0.25) is 19.7 Å². The highest BCUT2D eigenvalue weighted by Gasteiger charge is 2.56. The van der Waals surface area contributed by atoms with Crippen LogP contribution in [-0.2, 0) is 21.7 Å². The highest BCUT2D eigenvalue weighted by Crippen LogP contribution is 2.51. The summed E-state index contributed by atoms with van der Waals surface area (Å²) in [7, 11) is 1.84. The predicted octanol–water partition coefficient (Wildman–Crippen LogP) is 2.88. The van der Waals surface area contributed by atoms with Crippen molar-refractivity contribution in [2.75, 3.05) is 47.9 Å². The Labute approximate surface area is 191 Å². The van der Waals surface area contributed by atoms with Gasteiger partial charge in [-0.1, -0.05) is 0 Å². The average Bonchev–Trinajstić information content (AvgIpc) is 2.96. The number of benzene rings is 1. The molecule has 0 bridgehead atoms. The van der Waals surface area contributed by atoms with Crippen LogP contribution in [0.25, 0.3) is 0 Å². The first-order chi connectivity index (χ1) is 16.0. The highest BCUT2D eigenvalue weighted by atomic mass is 19.4. The zero-order valence-corrected chi connectivity index (χ0v) is 18.3. The van der Waals surface area contributed by atoms with Crippen molar-refractivity contribution in [1.82, 2.24) is 9.97 Å². The first kappa shape index (κ1) is 22.5. The van der Waals surface area contributed by atoms with E-state index in [1.54, 1.807) is 4.90 Å². The van der Waals surface area contributed by atoms with E-state index in [1.807, 2.05) is 11.9 Å². The Balaban J connectivity index is 1.48. The van der Waals surface area contributed by atoms with Crippen molar-refractivity contribution in [3.63, 3.8) is 0 Å². The molecule has 1 radical (unpaired) electrons. The molecular formula is C22H22F4N5O3. The summed E-state index contributed by atoms with van der Waals surface area (Å²) in [5.41, 5.74) is -1.64. The maximum Gasteiger partial charge on any atom is 0.406 e. The minimum atomic E-state index is -4.72. The molecule has 4 heterocycles. The second-order valence-electron chi connectivity index (χ2n) is 9.09. The Morgan fingerprint density at radius 3 is 2.53 bits per heavy atom. The first-order valence-corrected chi connectivity index (χ1v) is 11.0. The topological polar surface area (TPSA) is 92.4 Å². The normalized spacial score (nSPS) is 19.6. The zero-order chi connectivity index (χ0) is 24.4. The maximum absolute atomic E-state index is 14.9. The largest absolute Gasteiger partial charge is 0.406 e. The van der Waals surface area contributed by atoms with E-state index in [-0.39, 0.29) is 42.7 Å². The second kappa shape index (κ2) is 7.60. The lowest BCUT2D eigenvalue weighted by atomic mass is 9.73. The number of carbonyl (C=O) groups excluding carboxylic acids is 1. The van der Waals surface area contributed by atoms with Crippen LogP contribution >= 0.6 is 0 Å². The number of carbonyl (C=O) groups is 1. The number of fused-ring (bicyclic) bond motifs is 3. The molecule has 2 aromatic rings. The molecule has 1 N–H and O–H groups in total. The van der Waals surface area contributed by atoms with Crippen LogP contribution in [0.1, 0.15) is 30.4 Å². The van der Waals surface area contributed by atoms with Gasteiger partial charge in [-0.2, -0.15) is 18.2 Å². The van der Waals surface area contributed by atoms with E-state index in [9.17, 15) is 32.3 Å². The minimum Gasteiger partial charge on any atom is -0.359 e. The van der Waals surface area contributed by atoms with Crippen molar-refractivity contribution in [2.24, 2.45) is 0 Å². The van der Waals surface area contributed by atoms with E-state index in [0.717, 1.165) is 19.0 Å². The Bertz CT molecular complexity index is 1220. The third-order valence-corrected chi connectivity index (χ3v) is 6.98. The van der Waals surface area contributed by atoms with Crippen molar-refractivity contribution in [3.05, 3.63) is 39.4 Å². The van der Waals surface area contributed by atoms with Gasteiger partial charge in [0.15, 0.2) is 5.75 Å². The molecule has 1 saturated heterocycles. The number of H-pyrrole nitrogens is 1. The monoisotopic (exact) mass is 480 g/mol. The van der Waals surface area contributed by atoms with E-state index in [2.05, 4.69) is 9.97 Å². The molecule has 0 aliphatic carbocycles. The molecule has 34 heavy (non-hydrogen) atoms. The highest BCUT2D eigenvalue weighted by molar-refractivity contribution is 6.08. The van der Waals surface area contributed by atoms with Gasteiger partial charge in [0.05, 0.1) is 16.7 Å². The van der Waals surface area contributed by atoms with Gasteiger partial charge >= 0.3 is 6.18 Å². The predicted molar refractivity (Wildman–Crippen MR) is 115 cm³/mol. The van der Waals surface area contributed by atoms with Crippen LogP contribution < -0.4 is 20.3 Å². The zero-order valence-electron chi connectivity index (χ0n) is 18.3. The number of amides is 1. The fraction of sp³-hybridized carbons (Fsp3) is 0.500. The number of alkyl halides is 3. The van der Waals surface area contributed by atoms with Crippen LogP contribution in [0.2, 0.25) is 0 Å². The number of halogens is 4. The van der Waals surface area contributed by atoms with E-state index in [1.165, 1.54) is 0 Å². The van der Waals surface area contributed by atoms with Crippen molar-refractivity contribution in [3.8, 4) is 5.75 Å². The van der Waals surface area contributed by atoms with Crippen molar-refractivity contribution in [1.29, 1.82) is 0 Å². The molecule has 181 valence electrons. The van der Waals surface area contributed by atoms with E-state index in [4.69, 9.17) is 0 Å². The van der Waals surface area contributed by atoms with Gasteiger partial charge in [-0.15, -0.1) is 0 Å². The molecule has 1 fully saturated rings. The number of hydrogen-bond donors (Lipinski definition) is 1.